The summed E-state index contributed by atoms with van der Waals surface area (Å²) in [7, 11) is 0. The Kier molecular flexibility index (Phi) is 6.05. The fourth-order valence-corrected chi connectivity index (χ4v) is 6.12. The molecule has 0 aliphatic carbocycles. The lowest BCUT2D eigenvalue weighted by atomic mass is 10.1. The van der Waals surface area contributed by atoms with E-state index >= 15 is 0 Å². The van der Waals surface area contributed by atoms with Crippen LogP contribution in [0.25, 0.3) is 15.8 Å². The molecule has 0 fully saturated rings. The van der Waals surface area contributed by atoms with Crippen molar-refractivity contribution < 1.29 is 4.79 Å². The molecule has 1 atom stereocenters. The first-order valence-electron chi connectivity index (χ1n) is 10.2. The number of anilines is 1. The monoisotopic (exact) mass is 534 g/mol. The van der Waals surface area contributed by atoms with E-state index in [4.69, 9.17) is 15.7 Å². The molecule has 33 heavy (non-hydrogen) atoms. The summed E-state index contributed by atoms with van der Waals surface area (Å²) in [4.78, 5) is 23.0. The van der Waals surface area contributed by atoms with Crippen molar-refractivity contribution in [2.75, 3.05) is 5.32 Å². The number of aliphatic imine (C=N–C) groups is 1. The van der Waals surface area contributed by atoms with Crippen molar-refractivity contribution in [2.45, 2.75) is 12.2 Å². The van der Waals surface area contributed by atoms with Gasteiger partial charge in [-0.3, -0.25) is 4.79 Å². The molecule has 0 saturated carbocycles. The highest BCUT2D eigenvalue weighted by molar-refractivity contribution is 9.10. The average molecular weight is 535 g/mol. The topological polar surface area (TPSA) is 80.4 Å². The van der Waals surface area contributed by atoms with Gasteiger partial charge in [-0.25, -0.2) is 9.98 Å². The Balaban J connectivity index is 1.58. The van der Waals surface area contributed by atoms with Gasteiger partial charge in [0.05, 0.1) is 27.2 Å². The highest BCUT2D eigenvalue weighted by Gasteiger charge is 2.37. The quantitative estimate of drug-likeness (QED) is 0.312. The Morgan fingerprint density at radius 3 is 2.58 bits per heavy atom. The third-order valence-corrected chi connectivity index (χ3v) is 8.20. The summed E-state index contributed by atoms with van der Waals surface area (Å²) in [5.41, 5.74) is 11.3. The molecule has 1 aromatic heterocycles. The van der Waals surface area contributed by atoms with Crippen molar-refractivity contribution >= 4 is 77.1 Å². The molecule has 5 nitrogen and oxygen atoms in total. The third kappa shape index (κ3) is 4.34. The normalized spacial score (nSPS) is 17.2. The highest BCUT2D eigenvalue weighted by atomic mass is 79.9. The Morgan fingerprint density at radius 2 is 1.79 bits per heavy atom. The molecule has 4 aromatic rings. The Morgan fingerprint density at radius 1 is 1.06 bits per heavy atom. The van der Waals surface area contributed by atoms with E-state index in [0.29, 0.717) is 16.4 Å². The molecule has 164 valence electrons. The second kappa shape index (κ2) is 9.13. The number of benzene rings is 3. The average Bonchev–Trinajstić information content (AvgIpc) is 3.37. The molecule has 1 amide bonds. The maximum absolute atomic E-state index is 13.3. The van der Waals surface area contributed by atoms with Crippen molar-refractivity contribution in [1.82, 2.24) is 4.98 Å². The number of nitrogens with one attached hydrogen (secondary N) is 1. The number of aryl methyl sites for hydroxylation is 1. The van der Waals surface area contributed by atoms with Crippen LogP contribution in [0.2, 0.25) is 0 Å². The first kappa shape index (κ1) is 21.9. The molecule has 1 unspecified atom stereocenters. The van der Waals surface area contributed by atoms with Gasteiger partial charge in [0.1, 0.15) is 15.3 Å². The molecular formula is C25H19BrN4OS2. The van der Waals surface area contributed by atoms with Crippen LogP contribution in [0.3, 0.4) is 0 Å². The van der Waals surface area contributed by atoms with Gasteiger partial charge in [0.15, 0.2) is 0 Å². The van der Waals surface area contributed by atoms with Gasteiger partial charge in [0.2, 0.25) is 5.91 Å². The molecular weight excluding hydrogens is 516 g/mol. The summed E-state index contributed by atoms with van der Waals surface area (Å²) in [5.74, 6) is -0.196. The van der Waals surface area contributed by atoms with E-state index in [1.54, 1.807) is 11.3 Å². The van der Waals surface area contributed by atoms with Crippen LogP contribution in [0.4, 0.5) is 11.4 Å². The van der Waals surface area contributed by atoms with Gasteiger partial charge >= 0.3 is 0 Å². The Bertz CT molecular complexity index is 1410. The zero-order valence-corrected chi connectivity index (χ0v) is 20.8. The summed E-state index contributed by atoms with van der Waals surface area (Å²) >= 11 is 6.40. The van der Waals surface area contributed by atoms with Gasteiger partial charge in [0.25, 0.3) is 0 Å². The summed E-state index contributed by atoms with van der Waals surface area (Å²) in [6.07, 6.45) is 0. The van der Waals surface area contributed by atoms with Crippen molar-refractivity contribution in [3.05, 3.63) is 93.5 Å². The van der Waals surface area contributed by atoms with Crippen LogP contribution >= 0.6 is 39.0 Å². The van der Waals surface area contributed by atoms with Crippen LogP contribution < -0.4 is 11.1 Å². The minimum Gasteiger partial charge on any atom is -0.400 e. The minimum atomic E-state index is -0.609. The lowest BCUT2D eigenvalue weighted by molar-refractivity contribution is -0.115. The number of para-hydroxylation sites is 3. The van der Waals surface area contributed by atoms with Crippen LogP contribution in [0.5, 0.6) is 0 Å². The number of hydrogen-bond acceptors (Lipinski definition) is 6. The lowest BCUT2D eigenvalue weighted by Crippen LogP contribution is -2.28. The molecule has 3 aromatic carbocycles. The van der Waals surface area contributed by atoms with E-state index < -0.39 is 5.25 Å². The van der Waals surface area contributed by atoms with Crippen LogP contribution in [0.15, 0.2) is 88.0 Å². The summed E-state index contributed by atoms with van der Waals surface area (Å²) in [5, 5.41) is 3.85. The number of aromatic nitrogens is 1. The highest BCUT2D eigenvalue weighted by Crippen LogP contribution is 2.42. The number of nitrogens with zero attached hydrogens (tertiary/aromatic N) is 2. The molecule has 2 heterocycles. The zero-order chi connectivity index (χ0) is 22.9. The molecule has 0 radical (unpaired) electrons. The lowest BCUT2D eigenvalue weighted by Gasteiger charge is -2.12. The minimum absolute atomic E-state index is 0.196. The van der Waals surface area contributed by atoms with Gasteiger partial charge in [-0.1, -0.05) is 54.2 Å². The predicted molar refractivity (Wildman–Crippen MR) is 143 cm³/mol. The van der Waals surface area contributed by atoms with Crippen molar-refractivity contribution in [3.8, 4) is 0 Å². The molecule has 8 heteroatoms. The number of thioether (sulfide) groups is 1. The molecule has 0 bridgehead atoms. The largest absolute Gasteiger partial charge is 0.400 e. The molecule has 0 saturated heterocycles. The number of nitrogens with two attached hydrogens (primary N) is 1. The van der Waals surface area contributed by atoms with Crippen LogP contribution in [-0.2, 0) is 4.79 Å². The maximum atomic E-state index is 13.3. The van der Waals surface area contributed by atoms with Crippen LogP contribution in [0.1, 0.15) is 10.6 Å². The first-order chi connectivity index (χ1) is 16.0. The van der Waals surface area contributed by atoms with E-state index in [2.05, 4.69) is 21.2 Å². The predicted octanol–water partition coefficient (Wildman–Crippen LogP) is 6.52. The Hall–Kier alpha value is -2.94. The van der Waals surface area contributed by atoms with Gasteiger partial charge in [-0.05, 0) is 58.7 Å². The second-order valence-electron chi connectivity index (χ2n) is 7.49. The maximum Gasteiger partial charge on any atom is 0.243 e. The zero-order valence-electron chi connectivity index (χ0n) is 17.6. The summed E-state index contributed by atoms with van der Waals surface area (Å²) in [6, 6.07) is 23.4. The van der Waals surface area contributed by atoms with E-state index in [1.165, 1.54) is 11.8 Å². The first-order valence-corrected chi connectivity index (χ1v) is 12.7. The number of thiazole rings is 1. The SMILES string of the molecule is Cc1ccccc1N=C1SC(C(=O)Nc2ccccc2Br)C(N)=C1c1nc2ccccc2s1. The van der Waals surface area contributed by atoms with Crippen LogP contribution in [-0.4, -0.2) is 21.2 Å². The van der Waals surface area contributed by atoms with Crippen molar-refractivity contribution in [3.63, 3.8) is 0 Å². The standard InChI is InChI=1S/C25H19BrN4OS2/c1-14-8-2-4-10-16(14)29-25-20(24-30-18-12-6-7-13-19(18)32-24)21(27)22(33-25)23(31)28-17-11-5-3-9-15(17)26/h2-13,22H,27H2,1H3,(H,28,31). The smallest absolute Gasteiger partial charge is 0.243 e. The van der Waals surface area contributed by atoms with Crippen molar-refractivity contribution in [2.24, 2.45) is 10.7 Å². The van der Waals surface area contributed by atoms with E-state index in [0.717, 1.165) is 36.5 Å². The number of rotatable bonds is 4. The summed E-state index contributed by atoms with van der Waals surface area (Å²) in [6.45, 7) is 2.01. The van der Waals surface area contributed by atoms with Gasteiger partial charge in [-0.15, -0.1) is 11.3 Å². The number of hydrogen-bond donors (Lipinski definition) is 2. The second-order valence-corrected chi connectivity index (χ2v) is 10.5. The van der Waals surface area contributed by atoms with E-state index in [9.17, 15) is 4.79 Å². The molecule has 3 N–H and O–H groups in total. The molecule has 0 spiro atoms. The third-order valence-electron chi connectivity index (χ3n) is 5.23. The van der Waals surface area contributed by atoms with Gasteiger partial charge < -0.3 is 11.1 Å². The fraction of sp³-hybridized carbons (Fsp3) is 0.0800. The fourth-order valence-electron chi connectivity index (χ4n) is 3.52. The van der Waals surface area contributed by atoms with Crippen LogP contribution in [0, 0.1) is 6.92 Å². The Labute approximate surface area is 208 Å². The number of fused-ring (bicyclic) bond motifs is 1. The van der Waals surface area contributed by atoms with Crippen molar-refractivity contribution in [1.29, 1.82) is 0 Å². The van der Waals surface area contributed by atoms with E-state index in [-0.39, 0.29) is 5.91 Å². The number of carbonyl (C=O) groups is 1. The number of carbonyl (C=O) groups excluding carboxylic acids is 1. The molecule has 1 aliphatic heterocycles. The van der Waals surface area contributed by atoms with Gasteiger partial charge in [0, 0.05) is 10.2 Å². The number of halogens is 1. The van der Waals surface area contributed by atoms with E-state index in [1.807, 2.05) is 79.7 Å². The molecule has 5 rings (SSSR count). The van der Waals surface area contributed by atoms with Gasteiger partial charge in [-0.2, -0.15) is 0 Å². The molecule has 1 aliphatic rings. The number of amides is 1. The summed E-state index contributed by atoms with van der Waals surface area (Å²) < 4.78 is 1.87.